The Morgan fingerprint density at radius 3 is 2.36 bits per heavy atom. The number of anilines is 1. The van der Waals surface area contributed by atoms with Gasteiger partial charge in [-0.25, -0.2) is 0 Å². The Balaban J connectivity index is 1.56. The van der Waals surface area contributed by atoms with E-state index in [4.69, 9.17) is 9.73 Å². The number of para-hydroxylation sites is 2. The lowest BCUT2D eigenvalue weighted by atomic mass is 9.68. The zero-order valence-electron chi connectivity index (χ0n) is 22.2. The number of ether oxygens (including phenoxy) is 1. The van der Waals surface area contributed by atoms with Crippen molar-refractivity contribution in [2.24, 2.45) is 16.3 Å². The number of hydrogen-bond donors (Lipinski definition) is 1. The second-order valence-electron chi connectivity index (χ2n) is 11.0. The van der Waals surface area contributed by atoms with Crippen molar-refractivity contribution in [2.45, 2.75) is 52.2 Å². The lowest BCUT2D eigenvalue weighted by molar-refractivity contribution is -0.138. The smallest absolute Gasteiger partial charge is 0.303 e. The summed E-state index contributed by atoms with van der Waals surface area (Å²) in [5.74, 6) is -1.33. The SMILES string of the molecule is CC1(C)CC(=O)C2C(=Nc3ccccc3N(C(=O)CCC(=O)O)C2c2ccc(OCc3ccccc3)cc2)C1. The van der Waals surface area contributed by atoms with E-state index >= 15 is 0 Å². The molecule has 1 saturated carbocycles. The zero-order chi connectivity index (χ0) is 27.6. The molecule has 1 heterocycles. The maximum atomic E-state index is 13.8. The van der Waals surface area contributed by atoms with Gasteiger partial charge in [0.15, 0.2) is 0 Å². The normalized spacial score (nSPS) is 19.8. The van der Waals surface area contributed by atoms with Crippen LogP contribution in [0.5, 0.6) is 5.75 Å². The first kappa shape index (κ1) is 26.4. The molecule has 1 aliphatic heterocycles. The zero-order valence-corrected chi connectivity index (χ0v) is 22.2. The van der Waals surface area contributed by atoms with Gasteiger partial charge in [-0.1, -0.05) is 68.4 Å². The molecular formula is C32H32N2O5. The first-order chi connectivity index (χ1) is 18.7. The second-order valence-corrected chi connectivity index (χ2v) is 11.0. The molecule has 3 aromatic carbocycles. The summed E-state index contributed by atoms with van der Waals surface area (Å²) in [4.78, 5) is 45.4. The molecule has 2 unspecified atom stereocenters. The van der Waals surface area contributed by atoms with Gasteiger partial charge in [0.25, 0.3) is 0 Å². The largest absolute Gasteiger partial charge is 0.489 e. The average molecular weight is 525 g/mol. The topological polar surface area (TPSA) is 96.3 Å². The van der Waals surface area contributed by atoms with Gasteiger partial charge in [0.1, 0.15) is 18.1 Å². The maximum Gasteiger partial charge on any atom is 0.303 e. The number of carboxylic acid groups (broad SMARTS) is 1. The number of Topliss-reactive ketones (excluding diaryl/α,β-unsaturated/α-hetero) is 1. The minimum atomic E-state index is -1.05. The standard InChI is InChI=1S/C32H32N2O5/c1-32(2)18-25-30(27(35)19-32)31(22-12-14-23(15-13-22)39-20-21-8-4-3-5-9-21)34(28(36)16-17-29(37)38)26-11-7-6-10-24(26)33-25/h3-15,30-31H,16-20H2,1-2H3,(H,37,38). The van der Waals surface area contributed by atoms with Gasteiger partial charge in [-0.2, -0.15) is 0 Å². The van der Waals surface area contributed by atoms with E-state index in [1.807, 2.05) is 78.9 Å². The Hall–Kier alpha value is -4.26. The van der Waals surface area contributed by atoms with Crippen LogP contribution in [0.2, 0.25) is 0 Å². The fourth-order valence-electron chi connectivity index (χ4n) is 5.58. The predicted octanol–water partition coefficient (Wildman–Crippen LogP) is 6.30. The predicted molar refractivity (Wildman–Crippen MR) is 149 cm³/mol. The molecule has 200 valence electrons. The van der Waals surface area contributed by atoms with Gasteiger partial charge in [-0.15, -0.1) is 0 Å². The molecule has 1 N–H and O–H groups in total. The van der Waals surface area contributed by atoms with Crippen molar-refractivity contribution in [3.8, 4) is 5.75 Å². The molecule has 3 aromatic rings. The van der Waals surface area contributed by atoms with Crippen LogP contribution in [0.4, 0.5) is 11.4 Å². The van der Waals surface area contributed by atoms with E-state index in [2.05, 4.69) is 13.8 Å². The van der Waals surface area contributed by atoms with Crippen LogP contribution in [-0.2, 0) is 21.0 Å². The van der Waals surface area contributed by atoms with E-state index in [-0.39, 0.29) is 29.9 Å². The van der Waals surface area contributed by atoms with Crippen molar-refractivity contribution in [3.05, 3.63) is 90.0 Å². The number of carboxylic acids is 1. The van der Waals surface area contributed by atoms with Gasteiger partial charge in [0.2, 0.25) is 5.91 Å². The minimum absolute atomic E-state index is 0.0308. The fourth-order valence-corrected chi connectivity index (χ4v) is 5.58. The van der Waals surface area contributed by atoms with Crippen molar-refractivity contribution in [1.82, 2.24) is 0 Å². The number of amides is 1. The van der Waals surface area contributed by atoms with Crippen molar-refractivity contribution >= 4 is 34.7 Å². The summed E-state index contributed by atoms with van der Waals surface area (Å²) < 4.78 is 5.97. The van der Waals surface area contributed by atoms with Crippen LogP contribution in [0.3, 0.4) is 0 Å². The average Bonchev–Trinajstić information content (AvgIpc) is 3.05. The number of hydrogen-bond acceptors (Lipinski definition) is 5. The highest BCUT2D eigenvalue weighted by atomic mass is 16.5. The van der Waals surface area contributed by atoms with Crippen molar-refractivity contribution < 1.29 is 24.2 Å². The summed E-state index contributed by atoms with van der Waals surface area (Å²) >= 11 is 0. The summed E-state index contributed by atoms with van der Waals surface area (Å²) in [5, 5.41) is 9.28. The van der Waals surface area contributed by atoms with Gasteiger partial charge < -0.3 is 14.7 Å². The van der Waals surface area contributed by atoms with Crippen LogP contribution >= 0.6 is 0 Å². The Morgan fingerprint density at radius 2 is 1.64 bits per heavy atom. The van der Waals surface area contributed by atoms with Crippen LogP contribution in [-0.4, -0.2) is 28.5 Å². The Bertz CT molecular complexity index is 1410. The molecule has 2 aliphatic rings. The highest BCUT2D eigenvalue weighted by Crippen LogP contribution is 2.48. The molecule has 1 amide bonds. The highest BCUT2D eigenvalue weighted by molar-refractivity contribution is 6.13. The van der Waals surface area contributed by atoms with Gasteiger partial charge in [-0.05, 0) is 47.2 Å². The van der Waals surface area contributed by atoms with Crippen molar-refractivity contribution in [1.29, 1.82) is 0 Å². The number of benzene rings is 3. The molecule has 7 heteroatoms. The third kappa shape index (κ3) is 5.77. The van der Waals surface area contributed by atoms with E-state index in [0.717, 1.165) is 16.8 Å². The second kappa shape index (κ2) is 10.8. The monoisotopic (exact) mass is 524 g/mol. The van der Waals surface area contributed by atoms with Crippen LogP contribution in [0.25, 0.3) is 0 Å². The van der Waals surface area contributed by atoms with Gasteiger partial charge in [-0.3, -0.25) is 19.4 Å². The van der Waals surface area contributed by atoms with E-state index in [0.29, 0.717) is 36.6 Å². The Kier molecular flexibility index (Phi) is 7.33. The van der Waals surface area contributed by atoms with Crippen molar-refractivity contribution in [3.63, 3.8) is 0 Å². The molecular weight excluding hydrogens is 492 g/mol. The van der Waals surface area contributed by atoms with E-state index in [1.54, 1.807) is 4.90 Å². The summed E-state index contributed by atoms with van der Waals surface area (Å²) in [7, 11) is 0. The number of aliphatic imine (C=N–C) groups is 1. The molecule has 1 fully saturated rings. The van der Waals surface area contributed by atoms with Gasteiger partial charge in [0.05, 0.1) is 29.8 Å². The lowest BCUT2D eigenvalue weighted by Gasteiger charge is -2.41. The summed E-state index contributed by atoms with van der Waals surface area (Å²) in [6.45, 7) is 4.54. The Morgan fingerprint density at radius 1 is 0.949 bits per heavy atom. The number of fused-ring (bicyclic) bond motifs is 2. The van der Waals surface area contributed by atoms with E-state index in [9.17, 15) is 19.5 Å². The first-order valence-electron chi connectivity index (χ1n) is 13.2. The number of nitrogens with zero attached hydrogens (tertiary/aromatic N) is 2. The minimum Gasteiger partial charge on any atom is -0.489 e. The number of rotatable bonds is 7. The molecule has 2 atom stereocenters. The van der Waals surface area contributed by atoms with Crippen LogP contribution in [0, 0.1) is 11.3 Å². The van der Waals surface area contributed by atoms with E-state index < -0.39 is 17.9 Å². The maximum absolute atomic E-state index is 13.8. The molecule has 0 bridgehead atoms. The van der Waals surface area contributed by atoms with Crippen molar-refractivity contribution in [2.75, 3.05) is 4.90 Å². The third-order valence-electron chi connectivity index (χ3n) is 7.31. The highest BCUT2D eigenvalue weighted by Gasteiger charge is 2.47. The van der Waals surface area contributed by atoms with Gasteiger partial charge in [0, 0.05) is 18.6 Å². The molecule has 0 aromatic heterocycles. The molecule has 0 radical (unpaired) electrons. The number of carbonyl (C=O) groups excluding carboxylic acids is 2. The quantitative estimate of drug-likeness (QED) is 0.391. The molecule has 39 heavy (non-hydrogen) atoms. The molecule has 7 nitrogen and oxygen atoms in total. The van der Waals surface area contributed by atoms with Crippen LogP contribution in [0.1, 0.15) is 56.7 Å². The lowest BCUT2D eigenvalue weighted by Crippen LogP contribution is -2.47. The van der Waals surface area contributed by atoms with E-state index in [1.165, 1.54) is 0 Å². The molecule has 1 aliphatic carbocycles. The summed E-state index contributed by atoms with van der Waals surface area (Å²) in [6, 6.07) is 24.0. The number of carbonyl (C=O) groups is 3. The van der Waals surface area contributed by atoms with Gasteiger partial charge >= 0.3 is 5.97 Å². The first-order valence-corrected chi connectivity index (χ1v) is 13.2. The molecule has 5 rings (SSSR count). The van der Waals surface area contributed by atoms with Crippen LogP contribution in [0.15, 0.2) is 83.9 Å². The molecule has 0 saturated heterocycles. The molecule has 0 spiro atoms. The summed E-state index contributed by atoms with van der Waals surface area (Å²) in [5.41, 5.74) is 3.52. The number of ketones is 1. The number of aliphatic carboxylic acids is 1. The third-order valence-corrected chi connectivity index (χ3v) is 7.31. The van der Waals surface area contributed by atoms with Crippen LogP contribution < -0.4 is 9.64 Å². The fraction of sp³-hybridized carbons (Fsp3) is 0.312. The Labute approximate surface area is 228 Å². The summed E-state index contributed by atoms with van der Waals surface area (Å²) in [6.07, 6.45) is 0.526.